The molecule has 0 aromatic heterocycles. The Morgan fingerprint density at radius 2 is 1.55 bits per heavy atom. The second-order valence-electron chi connectivity index (χ2n) is 9.24. The molecule has 11 N–H and O–H groups in total. The van der Waals surface area contributed by atoms with E-state index in [1.165, 1.54) is 6.92 Å². The highest BCUT2D eigenvalue weighted by Crippen LogP contribution is 2.10. The van der Waals surface area contributed by atoms with Gasteiger partial charge in [-0.1, -0.05) is 50.6 Å². The number of guanidine groups is 1. The second-order valence-corrected chi connectivity index (χ2v) is 9.24. The molecule has 0 bridgehead atoms. The van der Waals surface area contributed by atoms with Crippen molar-refractivity contribution in [2.45, 2.75) is 76.7 Å². The second kappa shape index (κ2) is 16.2. The summed E-state index contributed by atoms with van der Waals surface area (Å²) in [6, 6.07) is 4.30. The maximum Gasteiger partial charge on any atom is 0.326 e. The van der Waals surface area contributed by atoms with Crippen LogP contribution in [-0.4, -0.2) is 76.7 Å². The predicted molar refractivity (Wildman–Crippen MR) is 143 cm³/mol. The lowest BCUT2D eigenvalue weighted by Crippen LogP contribution is -2.60. The first-order valence-corrected chi connectivity index (χ1v) is 12.5. The number of aliphatic carboxylic acids is 1. The third-order valence-corrected chi connectivity index (χ3v) is 6.05. The van der Waals surface area contributed by atoms with Crippen LogP contribution in [0.4, 0.5) is 0 Å². The summed E-state index contributed by atoms with van der Waals surface area (Å²) in [6.45, 7) is 4.95. The minimum Gasteiger partial charge on any atom is -0.480 e. The molecule has 13 nitrogen and oxygen atoms in total. The molecule has 212 valence electrons. The maximum absolute atomic E-state index is 13.1. The number of hydrogen-bond acceptors (Lipinski definition) is 7. The third kappa shape index (κ3) is 11.1. The van der Waals surface area contributed by atoms with Gasteiger partial charge in [-0.3, -0.25) is 19.4 Å². The standard InChI is InChI=1S/C25H41N7O6/c1-4-14(2)19(24(37)38)31-22(35)18(11-8-12-29-25(27)28)30-23(36)20(15(3)33)32-21(34)17(26)13-16-9-6-5-7-10-16/h5-7,9-10,14-15,17-20,33H,4,8,11-13,26H2,1-3H3,(H,30,36)(H,31,35)(H,32,34)(H,37,38)(H4,27,28,29). The summed E-state index contributed by atoms with van der Waals surface area (Å²) in [5.74, 6) is -3.94. The zero-order chi connectivity index (χ0) is 28.8. The molecule has 0 saturated carbocycles. The molecule has 3 amide bonds. The average Bonchev–Trinajstić information content (AvgIpc) is 2.86. The van der Waals surface area contributed by atoms with Crippen molar-refractivity contribution in [3.8, 4) is 0 Å². The Balaban J connectivity index is 3.00. The smallest absolute Gasteiger partial charge is 0.326 e. The van der Waals surface area contributed by atoms with Crippen molar-refractivity contribution in [3.63, 3.8) is 0 Å². The number of benzene rings is 1. The van der Waals surface area contributed by atoms with Gasteiger partial charge in [-0.05, 0) is 37.7 Å². The van der Waals surface area contributed by atoms with Crippen LogP contribution >= 0.6 is 0 Å². The lowest BCUT2D eigenvalue weighted by atomic mass is 9.98. The summed E-state index contributed by atoms with van der Waals surface area (Å²) in [4.78, 5) is 54.3. The summed E-state index contributed by atoms with van der Waals surface area (Å²) < 4.78 is 0. The Kier molecular flexibility index (Phi) is 13.8. The number of aliphatic imine (C=N–C) groups is 1. The van der Waals surface area contributed by atoms with Crippen LogP contribution in [0.1, 0.15) is 45.6 Å². The van der Waals surface area contributed by atoms with Gasteiger partial charge in [0, 0.05) is 6.54 Å². The zero-order valence-corrected chi connectivity index (χ0v) is 22.1. The van der Waals surface area contributed by atoms with E-state index in [9.17, 15) is 29.4 Å². The third-order valence-electron chi connectivity index (χ3n) is 6.05. The van der Waals surface area contributed by atoms with Gasteiger partial charge in [0.05, 0.1) is 12.1 Å². The van der Waals surface area contributed by atoms with Crippen LogP contribution in [0, 0.1) is 5.92 Å². The number of carbonyl (C=O) groups is 4. The van der Waals surface area contributed by atoms with Gasteiger partial charge >= 0.3 is 5.97 Å². The number of nitrogens with zero attached hydrogens (tertiary/aromatic N) is 1. The minimum absolute atomic E-state index is 0.0647. The van der Waals surface area contributed by atoms with Gasteiger partial charge in [0.1, 0.15) is 18.1 Å². The van der Waals surface area contributed by atoms with Crippen LogP contribution in [0.25, 0.3) is 0 Å². The quantitative estimate of drug-likeness (QED) is 0.0703. The van der Waals surface area contributed by atoms with Gasteiger partial charge < -0.3 is 43.4 Å². The molecule has 0 spiro atoms. The molecule has 0 saturated heterocycles. The molecule has 1 aromatic rings. The molecule has 0 aliphatic rings. The van der Waals surface area contributed by atoms with Crippen LogP contribution in [-0.2, 0) is 25.6 Å². The van der Waals surface area contributed by atoms with Crippen molar-refractivity contribution in [1.82, 2.24) is 16.0 Å². The van der Waals surface area contributed by atoms with E-state index >= 15 is 0 Å². The monoisotopic (exact) mass is 535 g/mol. The van der Waals surface area contributed by atoms with Crippen molar-refractivity contribution in [2.24, 2.45) is 28.1 Å². The number of aliphatic hydroxyl groups excluding tert-OH is 1. The molecule has 0 radical (unpaired) electrons. The number of hydrogen-bond donors (Lipinski definition) is 8. The largest absolute Gasteiger partial charge is 0.480 e. The fourth-order valence-corrected chi connectivity index (χ4v) is 3.60. The van der Waals surface area contributed by atoms with Crippen LogP contribution in [0.5, 0.6) is 0 Å². The van der Waals surface area contributed by atoms with E-state index < -0.39 is 54.0 Å². The number of amides is 3. The molecule has 0 heterocycles. The Hall–Kier alpha value is -3.71. The van der Waals surface area contributed by atoms with Crippen molar-refractivity contribution < 1.29 is 29.4 Å². The number of nitrogens with one attached hydrogen (secondary N) is 3. The Bertz CT molecular complexity index is 953. The maximum atomic E-state index is 13.1. The van der Waals surface area contributed by atoms with E-state index in [0.29, 0.717) is 6.42 Å². The molecule has 38 heavy (non-hydrogen) atoms. The highest BCUT2D eigenvalue weighted by atomic mass is 16.4. The highest BCUT2D eigenvalue weighted by molar-refractivity contribution is 5.94. The van der Waals surface area contributed by atoms with E-state index in [1.807, 2.05) is 6.07 Å². The van der Waals surface area contributed by atoms with Crippen LogP contribution in [0.15, 0.2) is 35.3 Å². The molecule has 0 aliphatic heterocycles. The molecule has 0 aliphatic carbocycles. The number of aliphatic hydroxyl groups is 1. The average molecular weight is 536 g/mol. The lowest BCUT2D eigenvalue weighted by molar-refractivity contribution is -0.144. The molecule has 1 rings (SSSR count). The summed E-state index contributed by atoms with van der Waals surface area (Å²) in [7, 11) is 0. The number of carbonyl (C=O) groups excluding carboxylic acids is 3. The first kappa shape index (κ1) is 32.3. The SMILES string of the molecule is CCC(C)C(NC(=O)C(CCCN=C(N)N)NC(=O)C(NC(=O)C(N)Cc1ccccc1)C(C)O)C(=O)O. The molecule has 1 aromatic carbocycles. The Morgan fingerprint density at radius 1 is 0.947 bits per heavy atom. The summed E-state index contributed by atoms with van der Waals surface area (Å²) in [5, 5.41) is 27.2. The van der Waals surface area contributed by atoms with Crippen LogP contribution < -0.4 is 33.2 Å². The molecule has 6 unspecified atom stereocenters. The van der Waals surface area contributed by atoms with Crippen molar-refractivity contribution in [1.29, 1.82) is 0 Å². The highest BCUT2D eigenvalue weighted by Gasteiger charge is 2.33. The van der Waals surface area contributed by atoms with Gasteiger partial charge in [0.25, 0.3) is 0 Å². The topological polar surface area (TPSA) is 235 Å². The van der Waals surface area contributed by atoms with Gasteiger partial charge in [-0.2, -0.15) is 0 Å². The zero-order valence-electron chi connectivity index (χ0n) is 22.1. The van der Waals surface area contributed by atoms with E-state index in [4.69, 9.17) is 17.2 Å². The van der Waals surface area contributed by atoms with Gasteiger partial charge in [-0.25, -0.2) is 4.79 Å². The normalized spacial score (nSPS) is 15.6. The minimum atomic E-state index is -1.41. The fourth-order valence-electron chi connectivity index (χ4n) is 3.60. The number of nitrogens with two attached hydrogens (primary N) is 3. The summed E-state index contributed by atoms with van der Waals surface area (Å²) in [6.07, 6.45) is -0.263. The summed E-state index contributed by atoms with van der Waals surface area (Å²) in [5.41, 5.74) is 17.5. The van der Waals surface area contributed by atoms with Crippen molar-refractivity contribution in [2.75, 3.05) is 6.54 Å². The van der Waals surface area contributed by atoms with Gasteiger partial charge in [0.2, 0.25) is 17.7 Å². The molecule has 13 heteroatoms. The number of carboxylic acid groups (broad SMARTS) is 1. The molecule has 0 fully saturated rings. The Labute approximate surface area is 222 Å². The molecular weight excluding hydrogens is 494 g/mol. The molecule has 6 atom stereocenters. The fraction of sp³-hybridized carbons (Fsp3) is 0.560. The lowest BCUT2D eigenvalue weighted by Gasteiger charge is -2.27. The van der Waals surface area contributed by atoms with Gasteiger partial charge in [0.15, 0.2) is 5.96 Å². The first-order valence-electron chi connectivity index (χ1n) is 12.5. The van der Waals surface area contributed by atoms with Crippen LogP contribution in [0.2, 0.25) is 0 Å². The van der Waals surface area contributed by atoms with E-state index in [0.717, 1.165) is 5.56 Å². The summed E-state index contributed by atoms with van der Waals surface area (Å²) >= 11 is 0. The Morgan fingerprint density at radius 3 is 2.08 bits per heavy atom. The van der Waals surface area contributed by atoms with E-state index in [-0.39, 0.29) is 37.7 Å². The number of rotatable bonds is 16. The van der Waals surface area contributed by atoms with E-state index in [2.05, 4.69) is 20.9 Å². The van der Waals surface area contributed by atoms with Gasteiger partial charge in [-0.15, -0.1) is 0 Å². The molecular formula is C25H41N7O6. The first-order chi connectivity index (χ1) is 17.9. The van der Waals surface area contributed by atoms with Crippen LogP contribution in [0.3, 0.4) is 0 Å². The number of carboxylic acids is 1. The van der Waals surface area contributed by atoms with Crippen molar-refractivity contribution in [3.05, 3.63) is 35.9 Å². The van der Waals surface area contributed by atoms with E-state index in [1.54, 1.807) is 38.1 Å². The predicted octanol–water partition coefficient (Wildman–Crippen LogP) is -1.42. The van der Waals surface area contributed by atoms with Crippen molar-refractivity contribution >= 4 is 29.7 Å².